The molecule has 22 heavy (non-hydrogen) atoms. The van der Waals surface area contributed by atoms with Crippen LogP contribution in [0.2, 0.25) is 0 Å². The molecule has 110 valence electrons. The Morgan fingerprint density at radius 2 is 2.09 bits per heavy atom. The third-order valence-corrected chi connectivity index (χ3v) is 4.01. The highest BCUT2D eigenvalue weighted by atomic mass is 16.4. The number of rotatable bonds is 4. The number of nitrogens with zero attached hydrogens (tertiary/aromatic N) is 4. The number of carbonyl (C=O) groups is 1. The molecule has 2 unspecified atom stereocenters. The summed E-state index contributed by atoms with van der Waals surface area (Å²) in [5.41, 5.74) is 3.39. The number of hydrogen-bond acceptors (Lipinski definition) is 4. The van der Waals surface area contributed by atoms with Gasteiger partial charge in [-0.3, -0.25) is 14.5 Å². The van der Waals surface area contributed by atoms with E-state index in [4.69, 9.17) is 5.11 Å². The van der Waals surface area contributed by atoms with Crippen LogP contribution in [0, 0.1) is 5.92 Å². The molecule has 1 aliphatic carbocycles. The van der Waals surface area contributed by atoms with Gasteiger partial charge in [-0.1, -0.05) is 12.1 Å². The van der Waals surface area contributed by atoms with E-state index in [1.54, 1.807) is 12.4 Å². The van der Waals surface area contributed by atoms with Crippen molar-refractivity contribution in [2.45, 2.75) is 18.9 Å². The molecule has 2 heterocycles. The van der Waals surface area contributed by atoms with Crippen molar-refractivity contribution < 1.29 is 9.90 Å². The molecular weight excluding hydrogens is 280 g/mol. The van der Waals surface area contributed by atoms with Crippen molar-refractivity contribution in [2.75, 3.05) is 0 Å². The van der Waals surface area contributed by atoms with Gasteiger partial charge in [-0.2, -0.15) is 5.10 Å². The molecule has 1 saturated carbocycles. The lowest BCUT2D eigenvalue weighted by molar-refractivity contribution is -0.137. The van der Waals surface area contributed by atoms with Crippen molar-refractivity contribution in [3.8, 4) is 11.3 Å². The predicted octanol–water partition coefficient (Wildman–Crippen LogP) is 2.53. The summed E-state index contributed by atoms with van der Waals surface area (Å²) >= 11 is 0. The number of benzene rings is 1. The summed E-state index contributed by atoms with van der Waals surface area (Å²) in [5, 5.41) is 13.2. The van der Waals surface area contributed by atoms with E-state index >= 15 is 0 Å². The van der Waals surface area contributed by atoms with Crippen LogP contribution in [0.15, 0.2) is 42.9 Å². The van der Waals surface area contributed by atoms with Gasteiger partial charge in [-0.05, 0) is 24.5 Å². The summed E-state index contributed by atoms with van der Waals surface area (Å²) in [6.45, 7) is 0. The first-order valence-electron chi connectivity index (χ1n) is 7.19. The maximum atomic E-state index is 10.7. The normalized spacial score (nSPS) is 20.2. The fraction of sp³-hybridized carbons (Fsp3) is 0.250. The van der Waals surface area contributed by atoms with Crippen molar-refractivity contribution in [1.82, 2.24) is 19.7 Å². The molecule has 0 saturated heterocycles. The van der Waals surface area contributed by atoms with Gasteiger partial charge in [0.05, 0.1) is 41.6 Å². The molecule has 0 aliphatic heterocycles. The summed E-state index contributed by atoms with van der Waals surface area (Å²) in [6.07, 6.45) is 6.50. The highest BCUT2D eigenvalue weighted by Gasteiger charge is 2.40. The third kappa shape index (κ3) is 2.32. The molecule has 0 radical (unpaired) electrons. The maximum absolute atomic E-state index is 10.7. The number of aromatic nitrogens is 4. The molecule has 6 nitrogen and oxygen atoms in total. The molecule has 0 bridgehead atoms. The first kappa shape index (κ1) is 12.9. The van der Waals surface area contributed by atoms with E-state index in [9.17, 15) is 4.79 Å². The van der Waals surface area contributed by atoms with E-state index in [1.165, 1.54) is 0 Å². The molecule has 1 fully saturated rings. The second kappa shape index (κ2) is 4.91. The third-order valence-electron chi connectivity index (χ3n) is 4.01. The Morgan fingerprint density at radius 1 is 1.27 bits per heavy atom. The Hall–Kier alpha value is -2.76. The fourth-order valence-electron chi connectivity index (χ4n) is 2.75. The van der Waals surface area contributed by atoms with Crippen LogP contribution < -0.4 is 0 Å². The summed E-state index contributed by atoms with van der Waals surface area (Å²) in [6, 6.07) is 7.92. The second-order valence-corrected chi connectivity index (χ2v) is 5.61. The van der Waals surface area contributed by atoms with E-state index in [-0.39, 0.29) is 18.4 Å². The molecule has 4 rings (SSSR count). The lowest BCUT2D eigenvalue weighted by Crippen LogP contribution is -2.01. The van der Waals surface area contributed by atoms with Crippen LogP contribution in [0.3, 0.4) is 0 Å². The van der Waals surface area contributed by atoms with E-state index < -0.39 is 5.97 Å². The van der Waals surface area contributed by atoms with E-state index in [0.29, 0.717) is 0 Å². The zero-order valence-electron chi connectivity index (χ0n) is 11.8. The fourth-order valence-corrected chi connectivity index (χ4v) is 2.75. The molecule has 2 atom stereocenters. The topological polar surface area (TPSA) is 80.9 Å². The smallest absolute Gasteiger partial charge is 0.303 e. The van der Waals surface area contributed by atoms with Crippen molar-refractivity contribution in [2.24, 2.45) is 5.92 Å². The number of fused-ring (bicyclic) bond motifs is 1. The molecule has 0 spiro atoms. The Morgan fingerprint density at radius 3 is 2.91 bits per heavy atom. The van der Waals surface area contributed by atoms with Crippen molar-refractivity contribution in [3.05, 3.63) is 42.9 Å². The second-order valence-electron chi connectivity index (χ2n) is 5.61. The largest absolute Gasteiger partial charge is 0.481 e. The Balaban J connectivity index is 1.59. The lowest BCUT2D eigenvalue weighted by atomic mass is 10.2. The van der Waals surface area contributed by atoms with Gasteiger partial charge < -0.3 is 5.11 Å². The van der Waals surface area contributed by atoms with Crippen molar-refractivity contribution in [1.29, 1.82) is 0 Å². The van der Waals surface area contributed by atoms with Crippen LogP contribution in [-0.4, -0.2) is 30.8 Å². The number of aliphatic carboxylic acids is 1. The molecule has 6 heteroatoms. The highest BCUT2D eigenvalue weighted by Crippen LogP contribution is 2.45. The van der Waals surface area contributed by atoms with Crippen molar-refractivity contribution in [3.63, 3.8) is 0 Å². The monoisotopic (exact) mass is 294 g/mol. The van der Waals surface area contributed by atoms with Crippen LogP contribution >= 0.6 is 0 Å². The Kier molecular flexibility index (Phi) is 2.89. The molecule has 2 aromatic heterocycles. The minimum absolute atomic E-state index is 0.188. The van der Waals surface area contributed by atoms with Crippen LogP contribution in [0.5, 0.6) is 0 Å². The Labute approximate surface area is 126 Å². The van der Waals surface area contributed by atoms with Gasteiger partial charge >= 0.3 is 5.97 Å². The Bertz CT molecular complexity index is 858. The van der Waals surface area contributed by atoms with Crippen LogP contribution in [0.25, 0.3) is 22.3 Å². The van der Waals surface area contributed by atoms with Gasteiger partial charge in [-0.15, -0.1) is 0 Å². The molecule has 3 aromatic rings. The van der Waals surface area contributed by atoms with E-state index in [2.05, 4.69) is 15.1 Å². The van der Waals surface area contributed by atoms with Gasteiger partial charge in [0.25, 0.3) is 0 Å². The van der Waals surface area contributed by atoms with Gasteiger partial charge in [0.2, 0.25) is 0 Å². The average Bonchev–Trinajstić information content (AvgIpc) is 3.10. The van der Waals surface area contributed by atoms with E-state index in [0.717, 1.165) is 28.7 Å². The lowest BCUT2D eigenvalue weighted by Gasteiger charge is -2.00. The maximum Gasteiger partial charge on any atom is 0.303 e. The zero-order valence-corrected chi connectivity index (χ0v) is 11.8. The van der Waals surface area contributed by atoms with Crippen molar-refractivity contribution >= 4 is 17.0 Å². The number of carboxylic acid groups (broad SMARTS) is 1. The minimum Gasteiger partial charge on any atom is -0.481 e. The van der Waals surface area contributed by atoms with Gasteiger partial charge in [0.1, 0.15) is 0 Å². The van der Waals surface area contributed by atoms with Gasteiger partial charge in [0.15, 0.2) is 0 Å². The van der Waals surface area contributed by atoms with E-state index in [1.807, 2.05) is 35.1 Å². The minimum atomic E-state index is -0.750. The van der Waals surface area contributed by atoms with Crippen LogP contribution in [0.4, 0.5) is 0 Å². The first-order valence-corrected chi connectivity index (χ1v) is 7.19. The first-order chi connectivity index (χ1) is 10.7. The summed E-state index contributed by atoms with van der Waals surface area (Å²) < 4.78 is 1.85. The molecule has 1 aliphatic rings. The summed E-state index contributed by atoms with van der Waals surface area (Å²) in [7, 11) is 0. The quantitative estimate of drug-likeness (QED) is 0.799. The summed E-state index contributed by atoms with van der Waals surface area (Å²) in [4.78, 5) is 19.7. The van der Waals surface area contributed by atoms with Gasteiger partial charge in [-0.25, -0.2) is 4.98 Å². The zero-order chi connectivity index (χ0) is 15.1. The SMILES string of the molecule is O=C(O)CC1CC1n1cc(-c2cnc3ccccc3n2)cn1. The molecular formula is C16H14N4O2. The number of para-hydroxylation sites is 2. The molecule has 1 aromatic carbocycles. The standard InChI is InChI=1S/C16H14N4O2/c21-16(22)6-10-5-15(10)20-9-11(7-18-20)14-8-17-12-3-1-2-4-13(12)19-14/h1-4,7-10,15H,5-6H2,(H,21,22). The van der Waals surface area contributed by atoms with Gasteiger partial charge in [0, 0.05) is 11.8 Å². The molecule has 0 amide bonds. The molecule has 1 N–H and O–H groups in total. The summed E-state index contributed by atoms with van der Waals surface area (Å²) in [5.74, 6) is -0.562. The highest BCUT2D eigenvalue weighted by molar-refractivity contribution is 5.76. The average molecular weight is 294 g/mol. The van der Waals surface area contributed by atoms with Crippen LogP contribution in [0.1, 0.15) is 18.9 Å². The number of carboxylic acids is 1. The predicted molar refractivity (Wildman–Crippen MR) is 80.2 cm³/mol. The number of hydrogen-bond donors (Lipinski definition) is 1. The van der Waals surface area contributed by atoms with Crippen LogP contribution in [-0.2, 0) is 4.79 Å².